The van der Waals surface area contributed by atoms with Crippen molar-refractivity contribution in [1.29, 1.82) is 0 Å². The van der Waals surface area contributed by atoms with Crippen LogP contribution in [0.15, 0.2) is 40.9 Å². The van der Waals surface area contributed by atoms with Gasteiger partial charge < -0.3 is 20.2 Å². The molecule has 1 heterocycles. The van der Waals surface area contributed by atoms with Crippen molar-refractivity contribution < 1.29 is 14.3 Å². The van der Waals surface area contributed by atoms with Crippen molar-refractivity contribution in [3.63, 3.8) is 0 Å². The number of urea groups is 1. The Balaban J connectivity index is 1.45. The van der Waals surface area contributed by atoms with Gasteiger partial charge in [-0.25, -0.2) is 9.78 Å². The van der Waals surface area contributed by atoms with E-state index in [1.165, 1.54) is 0 Å². The molecule has 1 aromatic heterocycles. The Hall–Kier alpha value is -2.34. The van der Waals surface area contributed by atoms with E-state index in [0.29, 0.717) is 11.7 Å². The van der Waals surface area contributed by atoms with E-state index in [0.717, 1.165) is 44.1 Å². The minimum atomic E-state index is -0.781. The second-order valence-electron chi connectivity index (χ2n) is 6.66. The quantitative estimate of drug-likeness (QED) is 0.727. The molecule has 0 atom stereocenters. The summed E-state index contributed by atoms with van der Waals surface area (Å²) in [6.07, 6.45) is 7.47. The number of benzene rings is 1. The van der Waals surface area contributed by atoms with E-state index in [4.69, 9.17) is 4.42 Å². The summed E-state index contributed by atoms with van der Waals surface area (Å²) in [5.41, 5.74) is 0.165. The molecule has 1 fully saturated rings. The smallest absolute Gasteiger partial charge is 0.315 e. The minimum absolute atomic E-state index is 0.205. The maximum Gasteiger partial charge on any atom is 0.315 e. The fraction of sp³-hybridized carbons (Fsp3) is 0.474. The van der Waals surface area contributed by atoms with Gasteiger partial charge in [-0.3, -0.25) is 0 Å². The number of rotatable bonds is 5. The summed E-state index contributed by atoms with van der Waals surface area (Å²) in [6, 6.07) is 9.37. The summed E-state index contributed by atoms with van der Waals surface area (Å²) in [4.78, 5) is 16.1. The van der Waals surface area contributed by atoms with Gasteiger partial charge in [-0.15, -0.1) is 0 Å². The molecule has 1 aliphatic carbocycles. The number of hydrogen-bond acceptors (Lipinski definition) is 4. The molecule has 3 N–H and O–H groups in total. The van der Waals surface area contributed by atoms with Gasteiger partial charge in [0, 0.05) is 12.1 Å². The molecule has 6 nitrogen and oxygen atoms in total. The zero-order valence-electron chi connectivity index (χ0n) is 14.3. The van der Waals surface area contributed by atoms with Crippen LogP contribution in [0.5, 0.6) is 0 Å². The Morgan fingerprint density at radius 1 is 1.12 bits per heavy atom. The van der Waals surface area contributed by atoms with Crippen LogP contribution in [0.3, 0.4) is 0 Å². The number of aromatic nitrogens is 1. The fourth-order valence-corrected chi connectivity index (χ4v) is 3.15. The first kappa shape index (κ1) is 17.5. The van der Waals surface area contributed by atoms with Gasteiger partial charge in [0.15, 0.2) is 5.76 Å². The maximum absolute atomic E-state index is 12.0. The van der Waals surface area contributed by atoms with Gasteiger partial charge in [0.05, 0.1) is 18.3 Å². The number of oxazole rings is 1. The summed E-state index contributed by atoms with van der Waals surface area (Å²) < 4.78 is 5.65. The second kappa shape index (κ2) is 8.16. The minimum Gasteiger partial charge on any atom is -0.439 e. The Morgan fingerprint density at radius 3 is 2.56 bits per heavy atom. The highest BCUT2D eigenvalue weighted by Gasteiger charge is 2.28. The first-order chi connectivity index (χ1) is 12.1. The van der Waals surface area contributed by atoms with Gasteiger partial charge in [-0.2, -0.15) is 0 Å². The number of carbonyl (C=O) groups is 1. The number of aliphatic hydroxyl groups is 1. The molecule has 1 aliphatic rings. The molecule has 2 amide bonds. The fourth-order valence-electron chi connectivity index (χ4n) is 3.15. The van der Waals surface area contributed by atoms with Crippen LogP contribution in [0.25, 0.3) is 11.3 Å². The normalized spacial score (nSPS) is 16.8. The van der Waals surface area contributed by atoms with Crippen molar-refractivity contribution in [3.05, 3.63) is 42.4 Å². The standard InChI is InChI=1S/C19H25N3O3/c23-18(22-14-19(24)10-6-1-2-7-11-19)21-13-17-20-12-16(25-17)15-8-4-3-5-9-15/h3-5,8-9,12,24H,1-2,6-7,10-11,13-14H2,(H2,21,22,23). The van der Waals surface area contributed by atoms with Crippen LogP contribution in [0.2, 0.25) is 0 Å². The lowest BCUT2D eigenvalue weighted by Crippen LogP contribution is -2.46. The van der Waals surface area contributed by atoms with Crippen molar-refractivity contribution >= 4 is 6.03 Å². The third-order valence-electron chi connectivity index (χ3n) is 4.62. The Bertz CT molecular complexity index is 676. The van der Waals surface area contributed by atoms with Crippen LogP contribution in [0.4, 0.5) is 4.79 Å². The largest absolute Gasteiger partial charge is 0.439 e. The van der Waals surface area contributed by atoms with E-state index in [-0.39, 0.29) is 19.1 Å². The van der Waals surface area contributed by atoms with Crippen LogP contribution in [-0.4, -0.2) is 28.3 Å². The average Bonchev–Trinajstić information content (AvgIpc) is 3.01. The first-order valence-electron chi connectivity index (χ1n) is 8.89. The van der Waals surface area contributed by atoms with Crippen LogP contribution < -0.4 is 10.6 Å². The molecule has 3 rings (SSSR count). The van der Waals surface area contributed by atoms with Gasteiger partial charge in [-0.05, 0) is 12.8 Å². The molecule has 25 heavy (non-hydrogen) atoms. The molecule has 0 unspecified atom stereocenters. The third kappa shape index (κ3) is 5.06. The average molecular weight is 343 g/mol. The van der Waals surface area contributed by atoms with Crippen molar-refractivity contribution in [2.45, 2.75) is 50.7 Å². The highest BCUT2D eigenvalue weighted by Crippen LogP contribution is 2.26. The van der Waals surface area contributed by atoms with E-state index in [1.807, 2.05) is 30.3 Å². The topological polar surface area (TPSA) is 87.4 Å². The maximum atomic E-state index is 12.0. The monoisotopic (exact) mass is 343 g/mol. The Kier molecular flexibility index (Phi) is 5.71. The molecule has 0 radical (unpaired) electrons. The van der Waals surface area contributed by atoms with Crippen molar-refractivity contribution in [3.8, 4) is 11.3 Å². The van der Waals surface area contributed by atoms with Gasteiger partial charge in [0.25, 0.3) is 0 Å². The molecular weight excluding hydrogens is 318 g/mol. The van der Waals surface area contributed by atoms with E-state index >= 15 is 0 Å². The SMILES string of the molecule is O=C(NCc1ncc(-c2ccccc2)o1)NCC1(O)CCCCCC1. The van der Waals surface area contributed by atoms with Gasteiger partial charge in [0.1, 0.15) is 0 Å². The Morgan fingerprint density at radius 2 is 1.84 bits per heavy atom. The van der Waals surface area contributed by atoms with Crippen molar-refractivity contribution in [2.24, 2.45) is 0 Å². The summed E-state index contributed by atoms with van der Waals surface area (Å²) in [5, 5.41) is 16.0. The highest BCUT2D eigenvalue weighted by molar-refractivity contribution is 5.73. The molecule has 0 aliphatic heterocycles. The van der Waals surface area contributed by atoms with E-state index < -0.39 is 5.60 Å². The van der Waals surface area contributed by atoms with Gasteiger partial charge in [-0.1, -0.05) is 56.0 Å². The molecule has 0 saturated heterocycles. The first-order valence-corrected chi connectivity index (χ1v) is 8.89. The van der Waals surface area contributed by atoms with Crippen LogP contribution in [-0.2, 0) is 6.54 Å². The van der Waals surface area contributed by atoms with E-state index in [2.05, 4.69) is 15.6 Å². The van der Waals surface area contributed by atoms with Crippen molar-refractivity contribution in [2.75, 3.05) is 6.54 Å². The molecule has 2 aromatic rings. The number of amides is 2. The zero-order valence-corrected chi connectivity index (χ0v) is 14.3. The summed E-state index contributed by atoms with van der Waals surface area (Å²) >= 11 is 0. The van der Waals surface area contributed by atoms with E-state index in [1.54, 1.807) is 6.20 Å². The predicted octanol–water partition coefficient (Wildman–Crippen LogP) is 3.23. The lowest BCUT2D eigenvalue weighted by atomic mass is 9.95. The molecule has 134 valence electrons. The summed E-state index contributed by atoms with van der Waals surface area (Å²) in [7, 11) is 0. The van der Waals surface area contributed by atoms with Gasteiger partial charge >= 0.3 is 6.03 Å². The number of hydrogen-bond donors (Lipinski definition) is 3. The third-order valence-corrected chi connectivity index (χ3v) is 4.62. The highest BCUT2D eigenvalue weighted by atomic mass is 16.4. The number of nitrogens with zero attached hydrogens (tertiary/aromatic N) is 1. The van der Waals surface area contributed by atoms with Crippen LogP contribution in [0.1, 0.15) is 44.4 Å². The second-order valence-corrected chi connectivity index (χ2v) is 6.66. The van der Waals surface area contributed by atoms with Crippen LogP contribution in [0, 0.1) is 0 Å². The van der Waals surface area contributed by atoms with Crippen LogP contribution >= 0.6 is 0 Å². The van der Waals surface area contributed by atoms with E-state index in [9.17, 15) is 9.90 Å². The van der Waals surface area contributed by atoms with Gasteiger partial charge in [0.2, 0.25) is 5.89 Å². The lowest BCUT2D eigenvalue weighted by Gasteiger charge is -2.26. The number of carbonyl (C=O) groups excluding carboxylic acids is 1. The Labute approximate surface area is 147 Å². The predicted molar refractivity (Wildman–Crippen MR) is 94.8 cm³/mol. The molecular formula is C19H25N3O3. The number of nitrogens with one attached hydrogen (secondary N) is 2. The zero-order chi connectivity index (χ0) is 17.5. The molecule has 1 saturated carbocycles. The molecule has 1 aromatic carbocycles. The lowest BCUT2D eigenvalue weighted by molar-refractivity contribution is 0.0276. The summed E-state index contributed by atoms with van der Waals surface area (Å²) in [5.74, 6) is 1.12. The van der Waals surface area contributed by atoms with Crippen molar-refractivity contribution in [1.82, 2.24) is 15.6 Å². The molecule has 0 spiro atoms. The summed E-state index contributed by atoms with van der Waals surface area (Å²) in [6.45, 7) is 0.483. The molecule has 6 heteroatoms. The molecule has 0 bridgehead atoms.